The van der Waals surface area contributed by atoms with Crippen LogP contribution in [0.3, 0.4) is 0 Å². The molecule has 1 saturated carbocycles. The SMILES string of the molecule is CCC(CC1CC1)n1ccnc1Nc1ccccc1. The van der Waals surface area contributed by atoms with Crippen molar-refractivity contribution < 1.29 is 0 Å². The standard InChI is InChI=1S/C16H21N3/c1-2-15(12-13-8-9-13)19-11-10-17-16(19)18-14-6-4-3-5-7-14/h3-7,10-11,13,15H,2,8-9,12H2,1H3,(H,17,18). The summed E-state index contributed by atoms with van der Waals surface area (Å²) in [6, 6.07) is 10.8. The minimum Gasteiger partial charge on any atom is -0.326 e. The van der Waals surface area contributed by atoms with Gasteiger partial charge in [-0.2, -0.15) is 0 Å². The number of hydrogen-bond donors (Lipinski definition) is 1. The highest BCUT2D eigenvalue weighted by molar-refractivity contribution is 5.53. The Morgan fingerprint density at radius 3 is 2.79 bits per heavy atom. The van der Waals surface area contributed by atoms with Crippen molar-refractivity contribution in [1.82, 2.24) is 9.55 Å². The molecule has 1 heterocycles. The molecule has 100 valence electrons. The molecule has 0 radical (unpaired) electrons. The molecule has 1 atom stereocenters. The first kappa shape index (κ1) is 12.3. The lowest BCUT2D eigenvalue weighted by Crippen LogP contribution is -2.11. The summed E-state index contributed by atoms with van der Waals surface area (Å²) in [5, 5.41) is 3.41. The number of rotatable bonds is 6. The zero-order valence-corrected chi connectivity index (χ0v) is 11.4. The van der Waals surface area contributed by atoms with Gasteiger partial charge in [0.15, 0.2) is 0 Å². The average molecular weight is 255 g/mol. The largest absolute Gasteiger partial charge is 0.326 e. The summed E-state index contributed by atoms with van der Waals surface area (Å²) in [7, 11) is 0. The van der Waals surface area contributed by atoms with E-state index in [1.165, 1.54) is 19.3 Å². The van der Waals surface area contributed by atoms with Crippen molar-refractivity contribution in [2.75, 3.05) is 5.32 Å². The van der Waals surface area contributed by atoms with Crippen LogP contribution in [0.2, 0.25) is 0 Å². The molecule has 0 spiro atoms. The molecule has 1 aromatic carbocycles. The fourth-order valence-corrected chi connectivity index (χ4v) is 2.57. The van der Waals surface area contributed by atoms with Gasteiger partial charge >= 0.3 is 0 Å². The lowest BCUT2D eigenvalue weighted by atomic mass is 10.1. The highest BCUT2D eigenvalue weighted by atomic mass is 15.2. The number of hydrogen-bond acceptors (Lipinski definition) is 2. The second-order valence-electron chi connectivity index (χ2n) is 5.39. The fourth-order valence-electron chi connectivity index (χ4n) is 2.57. The van der Waals surface area contributed by atoms with Gasteiger partial charge in [0.05, 0.1) is 0 Å². The summed E-state index contributed by atoms with van der Waals surface area (Å²) in [6.07, 6.45) is 9.26. The van der Waals surface area contributed by atoms with Crippen molar-refractivity contribution >= 4 is 11.6 Å². The number of para-hydroxylation sites is 1. The molecule has 0 aliphatic heterocycles. The lowest BCUT2D eigenvalue weighted by molar-refractivity contribution is 0.433. The molecule has 19 heavy (non-hydrogen) atoms. The van der Waals surface area contributed by atoms with Gasteiger partial charge in [-0.1, -0.05) is 38.0 Å². The second-order valence-corrected chi connectivity index (χ2v) is 5.39. The van der Waals surface area contributed by atoms with Gasteiger partial charge in [0.1, 0.15) is 0 Å². The summed E-state index contributed by atoms with van der Waals surface area (Å²) >= 11 is 0. The summed E-state index contributed by atoms with van der Waals surface area (Å²) in [5.41, 5.74) is 1.09. The van der Waals surface area contributed by atoms with Crippen LogP contribution in [-0.2, 0) is 0 Å². The van der Waals surface area contributed by atoms with E-state index in [1.807, 2.05) is 24.4 Å². The van der Waals surface area contributed by atoms with Crippen molar-refractivity contribution in [3.05, 3.63) is 42.7 Å². The highest BCUT2D eigenvalue weighted by Crippen LogP contribution is 2.38. The minimum atomic E-state index is 0.571. The van der Waals surface area contributed by atoms with Crippen molar-refractivity contribution in [2.24, 2.45) is 5.92 Å². The molecule has 1 aliphatic rings. The quantitative estimate of drug-likeness (QED) is 0.830. The number of nitrogens with zero attached hydrogens (tertiary/aromatic N) is 2. The predicted octanol–water partition coefficient (Wildman–Crippen LogP) is 4.38. The van der Waals surface area contributed by atoms with Crippen LogP contribution in [-0.4, -0.2) is 9.55 Å². The first-order valence-electron chi connectivity index (χ1n) is 7.21. The monoisotopic (exact) mass is 255 g/mol. The van der Waals surface area contributed by atoms with E-state index in [9.17, 15) is 0 Å². The van der Waals surface area contributed by atoms with E-state index in [-0.39, 0.29) is 0 Å². The van der Waals surface area contributed by atoms with Crippen LogP contribution < -0.4 is 5.32 Å². The molecule has 0 bridgehead atoms. The molecule has 1 fully saturated rings. The molecule has 2 aromatic rings. The van der Waals surface area contributed by atoms with Gasteiger partial charge in [0, 0.05) is 24.1 Å². The van der Waals surface area contributed by atoms with E-state index in [2.05, 4.69) is 40.1 Å². The van der Waals surface area contributed by atoms with Gasteiger partial charge in [0.2, 0.25) is 5.95 Å². The smallest absolute Gasteiger partial charge is 0.207 e. The van der Waals surface area contributed by atoms with Crippen molar-refractivity contribution in [2.45, 2.75) is 38.6 Å². The Bertz CT molecular complexity index is 514. The Labute approximate surface area is 114 Å². The fraction of sp³-hybridized carbons (Fsp3) is 0.438. The number of benzene rings is 1. The number of anilines is 2. The van der Waals surface area contributed by atoms with Gasteiger partial charge in [-0.05, 0) is 30.9 Å². The number of imidazole rings is 1. The molecule has 3 nitrogen and oxygen atoms in total. The van der Waals surface area contributed by atoms with E-state index in [1.54, 1.807) is 0 Å². The molecule has 1 unspecified atom stereocenters. The van der Waals surface area contributed by atoms with Gasteiger partial charge in [-0.3, -0.25) is 0 Å². The Hall–Kier alpha value is -1.77. The Kier molecular flexibility index (Phi) is 3.53. The Balaban J connectivity index is 1.76. The van der Waals surface area contributed by atoms with E-state index in [0.717, 1.165) is 24.0 Å². The molecule has 1 N–H and O–H groups in total. The van der Waals surface area contributed by atoms with Crippen LogP contribution in [0.5, 0.6) is 0 Å². The summed E-state index contributed by atoms with van der Waals surface area (Å²) in [5.74, 6) is 1.90. The normalized spacial score (nSPS) is 16.3. The molecular formula is C16H21N3. The lowest BCUT2D eigenvalue weighted by Gasteiger charge is -2.19. The summed E-state index contributed by atoms with van der Waals surface area (Å²) < 4.78 is 2.30. The van der Waals surface area contributed by atoms with Crippen LogP contribution in [0.1, 0.15) is 38.6 Å². The van der Waals surface area contributed by atoms with Crippen LogP contribution in [0.15, 0.2) is 42.7 Å². The number of aromatic nitrogens is 2. The Morgan fingerprint density at radius 1 is 1.32 bits per heavy atom. The maximum Gasteiger partial charge on any atom is 0.207 e. The van der Waals surface area contributed by atoms with Gasteiger partial charge < -0.3 is 9.88 Å². The zero-order chi connectivity index (χ0) is 13.1. The van der Waals surface area contributed by atoms with Crippen molar-refractivity contribution in [3.8, 4) is 0 Å². The van der Waals surface area contributed by atoms with Crippen LogP contribution in [0.4, 0.5) is 11.6 Å². The third-order valence-corrected chi connectivity index (χ3v) is 3.87. The van der Waals surface area contributed by atoms with Crippen LogP contribution in [0, 0.1) is 5.92 Å². The molecule has 3 rings (SSSR count). The first-order chi connectivity index (χ1) is 9.36. The average Bonchev–Trinajstić information content (AvgIpc) is 3.16. The van der Waals surface area contributed by atoms with Crippen LogP contribution in [0.25, 0.3) is 0 Å². The second kappa shape index (κ2) is 5.47. The minimum absolute atomic E-state index is 0.571. The third kappa shape index (κ3) is 2.98. The van der Waals surface area contributed by atoms with Gasteiger partial charge in [-0.15, -0.1) is 0 Å². The Morgan fingerprint density at radius 2 is 2.11 bits per heavy atom. The third-order valence-electron chi connectivity index (χ3n) is 3.87. The zero-order valence-electron chi connectivity index (χ0n) is 11.4. The number of nitrogens with one attached hydrogen (secondary N) is 1. The van der Waals surface area contributed by atoms with E-state index >= 15 is 0 Å². The highest BCUT2D eigenvalue weighted by Gasteiger charge is 2.26. The molecule has 0 amide bonds. The summed E-state index contributed by atoms with van der Waals surface area (Å²) in [4.78, 5) is 4.46. The van der Waals surface area contributed by atoms with Crippen LogP contribution >= 0.6 is 0 Å². The first-order valence-corrected chi connectivity index (χ1v) is 7.21. The maximum absolute atomic E-state index is 4.46. The molecule has 3 heteroatoms. The molecule has 0 saturated heterocycles. The maximum atomic E-state index is 4.46. The van der Waals surface area contributed by atoms with Crippen molar-refractivity contribution in [1.29, 1.82) is 0 Å². The summed E-state index contributed by atoms with van der Waals surface area (Å²) in [6.45, 7) is 2.26. The van der Waals surface area contributed by atoms with E-state index in [4.69, 9.17) is 0 Å². The van der Waals surface area contributed by atoms with E-state index < -0.39 is 0 Å². The van der Waals surface area contributed by atoms with Gasteiger partial charge in [0.25, 0.3) is 0 Å². The predicted molar refractivity (Wildman–Crippen MR) is 78.6 cm³/mol. The molecule has 1 aromatic heterocycles. The molecular weight excluding hydrogens is 234 g/mol. The molecule has 1 aliphatic carbocycles. The topological polar surface area (TPSA) is 29.9 Å². The van der Waals surface area contributed by atoms with E-state index in [0.29, 0.717) is 6.04 Å². The van der Waals surface area contributed by atoms with Crippen molar-refractivity contribution in [3.63, 3.8) is 0 Å². The van der Waals surface area contributed by atoms with Gasteiger partial charge in [-0.25, -0.2) is 4.98 Å².